The van der Waals surface area contributed by atoms with Crippen LogP contribution in [0.3, 0.4) is 0 Å². The molecule has 138 valence electrons. The van der Waals surface area contributed by atoms with Crippen LogP contribution in [-0.2, 0) is 17.8 Å². The first-order chi connectivity index (χ1) is 12.3. The summed E-state index contributed by atoms with van der Waals surface area (Å²) >= 11 is 6.30. The van der Waals surface area contributed by atoms with E-state index in [1.807, 2.05) is 6.20 Å². The smallest absolute Gasteiger partial charge is 0.223 e. The van der Waals surface area contributed by atoms with E-state index in [-0.39, 0.29) is 29.3 Å². The zero-order valence-corrected chi connectivity index (χ0v) is 16.0. The fourth-order valence-corrected chi connectivity index (χ4v) is 4.06. The monoisotopic (exact) mass is 374 g/mol. The molecule has 0 saturated heterocycles. The molecule has 1 aliphatic heterocycles. The van der Waals surface area contributed by atoms with Crippen molar-refractivity contribution >= 4 is 29.3 Å². The summed E-state index contributed by atoms with van der Waals surface area (Å²) in [6.45, 7) is 7.44. The molecule has 0 fully saturated rings. The van der Waals surface area contributed by atoms with Crippen LogP contribution in [-0.4, -0.2) is 27.4 Å². The fourth-order valence-electron chi connectivity index (χ4n) is 3.74. The Kier molecular flexibility index (Phi) is 5.00. The van der Waals surface area contributed by atoms with Crippen LogP contribution in [0.1, 0.15) is 47.2 Å². The van der Waals surface area contributed by atoms with Crippen LogP contribution in [0.25, 0.3) is 0 Å². The molecule has 0 unspecified atom stereocenters. The molecule has 1 amide bonds. The number of carbonyl (C=O) groups is 1. The molecule has 3 heterocycles. The lowest BCUT2D eigenvalue weighted by molar-refractivity contribution is -0.118. The van der Waals surface area contributed by atoms with E-state index in [0.29, 0.717) is 18.9 Å². The maximum absolute atomic E-state index is 11.5. The number of fused-ring (bicyclic) bond motifs is 1. The largest absolute Gasteiger partial charge is 0.370 e. The highest BCUT2D eigenvalue weighted by atomic mass is 35.5. The van der Waals surface area contributed by atoms with Gasteiger partial charge in [-0.05, 0) is 37.0 Å². The van der Waals surface area contributed by atoms with Crippen molar-refractivity contribution in [1.29, 1.82) is 0 Å². The Morgan fingerprint density at radius 3 is 2.77 bits per heavy atom. The lowest BCUT2D eigenvalue weighted by Crippen LogP contribution is -2.25. The number of aryl methyl sites for hydroxylation is 1. The molecule has 0 radical (unpaired) electrons. The van der Waals surface area contributed by atoms with Gasteiger partial charge in [-0.1, -0.05) is 18.5 Å². The molecule has 4 N–H and O–H groups in total. The zero-order valence-electron chi connectivity index (χ0n) is 15.2. The number of hydrogen-bond acceptors (Lipinski definition) is 6. The normalized spacial score (nSPS) is 16.0. The molecule has 26 heavy (non-hydrogen) atoms. The van der Waals surface area contributed by atoms with Gasteiger partial charge in [0.25, 0.3) is 0 Å². The maximum Gasteiger partial charge on any atom is 0.223 e. The number of nitrogens with two attached hydrogens (primary N) is 2. The molecule has 7 nitrogen and oxygen atoms in total. The highest BCUT2D eigenvalue weighted by Crippen LogP contribution is 2.41. The Hall–Kier alpha value is -2.41. The minimum atomic E-state index is -0.381. The first-order valence-corrected chi connectivity index (χ1v) is 8.99. The molecule has 0 saturated carbocycles. The first kappa shape index (κ1) is 18.4. The molecule has 0 bridgehead atoms. The van der Waals surface area contributed by atoms with Crippen molar-refractivity contribution in [2.75, 3.05) is 17.2 Å². The van der Waals surface area contributed by atoms with E-state index in [9.17, 15) is 4.79 Å². The number of anilines is 2. The second-order valence-corrected chi connectivity index (χ2v) is 7.06. The SMILES string of the molecule is CCc1c(C)cnc(CN2C[C@@H](CC(N)=O)c3c(Cl)nc(N)nc32)c1C. The average molecular weight is 375 g/mol. The third kappa shape index (κ3) is 3.31. The van der Waals surface area contributed by atoms with Crippen LogP contribution in [0.2, 0.25) is 5.15 Å². The quantitative estimate of drug-likeness (QED) is 0.776. The number of hydrogen-bond donors (Lipinski definition) is 2. The van der Waals surface area contributed by atoms with Gasteiger partial charge in [-0.15, -0.1) is 0 Å². The molecule has 0 aromatic carbocycles. The number of primary amides is 1. The standard InChI is InChI=1S/C18H23ClN6O/c1-4-12-9(2)6-22-13(10(12)3)8-25-7-11(5-14(20)26)15-16(19)23-18(21)24-17(15)25/h6,11H,4-5,7-8H2,1-3H3,(H2,20,26)(H2,21,23,24)/t11-/m1/s1. The number of aromatic nitrogens is 3. The molecule has 1 atom stereocenters. The van der Waals surface area contributed by atoms with E-state index in [1.54, 1.807) is 0 Å². The number of amides is 1. The summed E-state index contributed by atoms with van der Waals surface area (Å²) in [5.74, 6) is 0.246. The highest BCUT2D eigenvalue weighted by molar-refractivity contribution is 6.30. The van der Waals surface area contributed by atoms with Gasteiger partial charge in [0.15, 0.2) is 0 Å². The van der Waals surface area contributed by atoms with Crippen molar-refractivity contribution in [3.05, 3.63) is 39.3 Å². The highest BCUT2D eigenvalue weighted by Gasteiger charge is 2.34. The number of rotatable bonds is 5. The van der Waals surface area contributed by atoms with E-state index in [0.717, 1.165) is 17.7 Å². The number of carbonyl (C=O) groups excluding carboxylic acids is 1. The van der Waals surface area contributed by atoms with Gasteiger partial charge in [0.05, 0.1) is 12.2 Å². The van der Waals surface area contributed by atoms with E-state index in [1.165, 1.54) is 16.7 Å². The molecular weight excluding hydrogens is 352 g/mol. The van der Waals surface area contributed by atoms with E-state index >= 15 is 0 Å². The van der Waals surface area contributed by atoms with Gasteiger partial charge in [0.2, 0.25) is 11.9 Å². The van der Waals surface area contributed by atoms with E-state index in [2.05, 4.69) is 40.6 Å². The second-order valence-electron chi connectivity index (χ2n) is 6.70. The second kappa shape index (κ2) is 7.07. The number of pyridine rings is 1. The molecule has 3 rings (SSSR count). The lowest BCUT2D eigenvalue weighted by Gasteiger charge is -2.21. The van der Waals surface area contributed by atoms with Gasteiger partial charge < -0.3 is 16.4 Å². The molecule has 0 aliphatic carbocycles. The van der Waals surface area contributed by atoms with Crippen LogP contribution in [0.15, 0.2) is 6.20 Å². The summed E-state index contributed by atoms with van der Waals surface area (Å²) in [6.07, 6.45) is 3.05. The van der Waals surface area contributed by atoms with Crippen LogP contribution >= 0.6 is 11.6 Å². The fraction of sp³-hybridized carbons (Fsp3) is 0.444. The minimum Gasteiger partial charge on any atom is -0.370 e. The van der Waals surface area contributed by atoms with Crippen molar-refractivity contribution in [1.82, 2.24) is 15.0 Å². The van der Waals surface area contributed by atoms with E-state index < -0.39 is 0 Å². The average Bonchev–Trinajstić information content (AvgIpc) is 2.87. The van der Waals surface area contributed by atoms with Gasteiger partial charge in [0.1, 0.15) is 11.0 Å². The molecular formula is C18H23ClN6O. The van der Waals surface area contributed by atoms with Crippen LogP contribution < -0.4 is 16.4 Å². The van der Waals surface area contributed by atoms with Gasteiger partial charge in [-0.2, -0.15) is 4.98 Å². The lowest BCUT2D eigenvalue weighted by atomic mass is 10.00. The van der Waals surface area contributed by atoms with Crippen LogP contribution in [0.5, 0.6) is 0 Å². The van der Waals surface area contributed by atoms with Gasteiger partial charge >= 0.3 is 0 Å². The Labute approximate surface area is 157 Å². The van der Waals surface area contributed by atoms with Crippen molar-refractivity contribution in [2.45, 2.75) is 46.1 Å². The predicted octanol–water partition coefficient (Wildman–Crippen LogP) is 2.27. The first-order valence-electron chi connectivity index (χ1n) is 8.61. The summed E-state index contributed by atoms with van der Waals surface area (Å²) in [6, 6.07) is 0. The Morgan fingerprint density at radius 2 is 2.12 bits per heavy atom. The molecule has 2 aromatic rings. The van der Waals surface area contributed by atoms with Crippen molar-refractivity contribution in [2.24, 2.45) is 5.73 Å². The van der Waals surface area contributed by atoms with Crippen molar-refractivity contribution in [3.8, 4) is 0 Å². The molecule has 8 heteroatoms. The Morgan fingerprint density at radius 1 is 1.38 bits per heavy atom. The third-order valence-corrected chi connectivity index (χ3v) is 5.25. The van der Waals surface area contributed by atoms with Gasteiger partial charge in [0, 0.05) is 30.6 Å². The Balaban J connectivity index is 1.99. The zero-order chi connectivity index (χ0) is 19.0. The molecule has 1 aliphatic rings. The number of nitrogen functional groups attached to an aromatic ring is 1. The number of halogens is 1. The molecule has 2 aromatic heterocycles. The topological polar surface area (TPSA) is 111 Å². The van der Waals surface area contributed by atoms with Crippen LogP contribution in [0, 0.1) is 13.8 Å². The third-order valence-electron chi connectivity index (χ3n) is 4.96. The minimum absolute atomic E-state index is 0.112. The van der Waals surface area contributed by atoms with Crippen molar-refractivity contribution < 1.29 is 4.79 Å². The number of nitrogens with zero attached hydrogens (tertiary/aromatic N) is 4. The predicted molar refractivity (Wildman–Crippen MR) is 102 cm³/mol. The summed E-state index contributed by atoms with van der Waals surface area (Å²) in [7, 11) is 0. The maximum atomic E-state index is 11.5. The summed E-state index contributed by atoms with van der Waals surface area (Å²) in [5, 5.41) is 0.282. The summed E-state index contributed by atoms with van der Waals surface area (Å²) in [4.78, 5) is 26.5. The van der Waals surface area contributed by atoms with E-state index in [4.69, 9.17) is 23.1 Å². The summed E-state index contributed by atoms with van der Waals surface area (Å²) < 4.78 is 0. The van der Waals surface area contributed by atoms with Gasteiger partial charge in [-0.25, -0.2) is 4.98 Å². The van der Waals surface area contributed by atoms with Gasteiger partial charge in [-0.3, -0.25) is 9.78 Å². The van der Waals surface area contributed by atoms with Crippen molar-refractivity contribution in [3.63, 3.8) is 0 Å². The molecule has 0 spiro atoms. The van der Waals surface area contributed by atoms with Crippen LogP contribution in [0.4, 0.5) is 11.8 Å². The summed E-state index contributed by atoms with van der Waals surface area (Å²) in [5.41, 5.74) is 16.6. The Bertz CT molecular complexity index is 869.